The highest BCUT2D eigenvalue weighted by Gasteiger charge is 2.64. The highest BCUT2D eigenvalue weighted by molar-refractivity contribution is 5.91. The lowest BCUT2D eigenvalue weighted by Gasteiger charge is -2.49. The van der Waals surface area contributed by atoms with Gasteiger partial charge in [0.1, 0.15) is 17.1 Å². The van der Waals surface area contributed by atoms with Crippen molar-refractivity contribution < 1.29 is 32.2 Å². The van der Waals surface area contributed by atoms with Gasteiger partial charge >= 0.3 is 6.18 Å². The fourth-order valence-electron chi connectivity index (χ4n) is 4.61. The van der Waals surface area contributed by atoms with Crippen molar-refractivity contribution in [3.05, 3.63) is 59.0 Å². The zero-order valence-corrected chi connectivity index (χ0v) is 17.3. The van der Waals surface area contributed by atoms with Crippen molar-refractivity contribution in [1.29, 1.82) is 0 Å². The van der Waals surface area contributed by atoms with Crippen LogP contribution in [0.5, 0.6) is 5.75 Å². The van der Waals surface area contributed by atoms with E-state index in [1.807, 2.05) is 0 Å². The first-order chi connectivity index (χ1) is 14.8. The molecular formula is C22H20F5N3O2. The molecule has 170 valence electrons. The van der Waals surface area contributed by atoms with E-state index in [0.29, 0.717) is 6.07 Å². The molecule has 0 saturated carbocycles. The molecule has 3 N–H and O–H groups in total. The van der Waals surface area contributed by atoms with Gasteiger partial charge in [0, 0.05) is 28.9 Å². The van der Waals surface area contributed by atoms with Gasteiger partial charge in [-0.1, -0.05) is 26.0 Å². The smallest absolute Gasteiger partial charge is 0.419 e. The number of phenolic OH excluding ortho intramolecular Hbond substituents is 1. The number of aromatic hydroxyl groups is 1. The normalized spacial score (nSPS) is 22.6. The van der Waals surface area contributed by atoms with Crippen LogP contribution >= 0.6 is 0 Å². The van der Waals surface area contributed by atoms with Gasteiger partial charge in [-0.05, 0) is 30.4 Å². The minimum atomic E-state index is -5.08. The zero-order chi connectivity index (χ0) is 23.6. The molecule has 0 aliphatic heterocycles. The van der Waals surface area contributed by atoms with E-state index in [4.69, 9.17) is 0 Å². The number of aryl methyl sites for hydroxylation is 1. The summed E-state index contributed by atoms with van der Waals surface area (Å²) in [4.78, 5) is 7.80. The van der Waals surface area contributed by atoms with Crippen LogP contribution in [-0.4, -0.2) is 32.0 Å². The molecular weight excluding hydrogens is 433 g/mol. The second kappa shape index (κ2) is 6.99. The molecule has 0 spiro atoms. The minimum Gasteiger partial charge on any atom is -0.508 e. The first kappa shape index (κ1) is 22.2. The number of rotatable bonds is 2. The summed E-state index contributed by atoms with van der Waals surface area (Å²) < 4.78 is 71.3. The lowest BCUT2D eigenvalue weighted by molar-refractivity contribution is -0.275. The first-order valence-electron chi connectivity index (χ1n) is 9.75. The van der Waals surface area contributed by atoms with Gasteiger partial charge < -0.3 is 15.5 Å². The zero-order valence-electron chi connectivity index (χ0n) is 17.3. The van der Waals surface area contributed by atoms with Crippen molar-refractivity contribution in [2.24, 2.45) is 0 Å². The molecule has 1 aliphatic rings. The Morgan fingerprint density at radius 2 is 1.88 bits per heavy atom. The number of phenols is 1. The van der Waals surface area contributed by atoms with E-state index < -0.39 is 46.8 Å². The van der Waals surface area contributed by atoms with E-state index >= 15 is 0 Å². The number of nitrogens with one attached hydrogen (secondary N) is 1. The van der Waals surface area contributed by atoms with Gasteiger partial charge in [0.05, 0.1) is 6.04 Å². The monoisotopic (exact) mass is 453 g/mol. The summed E-state index contributed by atoms with van der Waals surface area (Å²) in [6.45, 7) is 4.44. The highest BCUT2D eigenvalue weighted by atomic mass is 19.4. The average molecular weight is 453 g/mol. The fourth-order valence-corrected chi connectivity index (χ4v) is 4.61. The molecule has 1 heterocycles. The largest absolute Gasteiger partial charge is 0.508 e. The third kappa shape index (κ3) is 3.24. The topological polar surface area (TPSA) is 78.3 Å². The molecule has 2 unspecified atom stereocenters. The van der Waals surface area contributed by atoms with E-state index in [1.165, 1.54) is 45.2 Å². The molecule has 2 atom stereocenters. The first-order valence-corrected chi connectivity index (χ1v) is 9.75. The predicted molar refractivity (Wildman–Crippen MR) is 107 cm³/mol. The van der Waals surface area contributed by atoms with Crippen LogP contribution < -0.4 is 5.32 Å². The van der Waals surface area contributed by atoms with Gasteiger partial charge in [-0.25, -0.2) is 18.7 Å². The number of halogens is 5. The fraction of sp³-hybridized carbons (Fsp3) is 0.364. The summed E-state index contributed by atoms with van der Waals surface area (Å²) >= 11 is 0. The Bertz CT molecular complexity index is 1230. The van der Waals surface area contributed by atoms with Crippen molar-refractivity contribution >= 4 is 16.6 Å². The molecule has 5 nitrogen and oxygen atoms in total. The molecule has 32 heavy (non-hydrogen) atoms. The Morgan fingerprint density at radius 1 is 1.19 bits per heavy atom. The highest BCUT2D eigenvalue weighted by Crippen LogP contribution is 2.56. The van der Waals surface area contributed by atoms with Crippen molar-refractivity contribution in [2.45, 2.75) is 50.4 Å². The number of aliphatic hydroxyl groups is 1. The van der Waals surface area contributed by atoms with Crippen LogP contribution in [0, 0.1) is 18.6 Å². The molecule has 0 saturated heterocycles. The molecule has 2 aromatic carbocycles. The van der Waals surface area contributed by atoms with Gasteiger partial charge in [0.25, 0.3) is 0 Å². The predicted octanol–water partition coefficient (Wildman–Crippen LogP) is 5.05. The van der Waals surface area contributed by atoms with Crippen LogP contribution in [0.1, 0.15) is 43.3 Å². The Balaban J connectivity index is 1.98. The van der Waals surface area contributed by atoms with Crippen LogP contribution in [0.2, 0.25) is 0 Å². The van der Waals surface area contributed by atoms with Gasteiger partial charge in [-0.15, -0.1) is 0 Å². The molecule has 0 fully saturated rings. The summed E-state index contributed by atoms with van der Waals surface area (Å²) in [5, 5.41) is 23.9. The summed E-state index contributed by atoms with van der Waals surface area (Å²) in [6.07, 6.45) is -4.68. The molecule has 4 rings (SSSR count). The second-order valence-electron chi connectivity index (χ2n) is 8.70. The third-order valence-corrected chi connectivity index (χ3v) is 5.93. The van der Waals surface area contributed by atoms with Crippen LogP contribution in [0.25, 0.3) is 10.9 Å². The molecule has 0 bridgehead atoms. The van der Waals surface area contributed by atoms with Gasteiger partial charge in [-0.2, -0.15) is 13.2 Å². The van der Waals surface area contributed by atoms with Gasteiger partial charge in [0.15, 0.2) is 17.2 Å². The maximum Gasteiger partial charge on any atom is 0.419 e. The van der Waals surface area contributed by atoms with Gasteiger partial charge in [-0.3, -0.25) is 0 Å². The molecule has 1 aromatic heterocycles. The van der Waals surface area contributed by atoms with E-state index in [1.54, 1.807) is 0 Å². The Morgan fingerprint density at radius 3 is 2.53 bits per heavy atom. The number of anilines is 1. The molecule has 3 aromatic rings. The number of alkyl halides is 3. The van der Waals surface area contributed by atoms with Crippen LogP contribution in [0.15, 0.2) is 30.5 Å². The second-order valence-corrected chi connectivity index (χ2v) is 8.70. The summed E-state index contributed by atoms with van der Waals surface area (Å²) in [5.74, 6) is -2.65. The maximum absolute atomic E-state index is 14.3. The van der Waals surface area contributed by atoms with Crippen molar-refractivity contribution in [3.63, 3.8) is 0 Å². The average Bonchev–Trinajstić information content (AvgIpc) is 2.67. The van der Waals surface area contributed by atoms with Crippen LogP contribution in [0.3, 0.4) is 0 Å². The summed E-state index contributed by atoms with van der Waals surface area (Å²) in [6, 6.07) is 2.94. The molecule has 0 amide bonds. The number of aromatic nitrogens is 2. The Labute approximate surface area is 179 Å². The number of hydrogen-bond donors (Lipinski definition) is 3. The third-order valence-electron chi connectivity index (χ3n) is 5.93. The summed E-state index contributed by atoms with van der Waals surface area (Å²) in [7, 11) is 0. The minimum absolute atomic E-state index is 0.00742. The standard InChI is InChI=1S/C22H20F5N3O2/c1-10-28-8-12-14(7-13(23)17(24)18(12)29-10)30-19-11-5-4-6-15(31)16(11)20(2,3)9-21(19,32)22(25,26)27/h4-8,19,30-32H,9H2,1-3H3. The van der Waals surface area contributed by atoms with Crippen molar-refractivity contribution in [2.75, 3.05) is 5.32 Å². The lowest BCUT2D eigenvalue weighted by atomic mass is 9.63. The number of benzene rings is 2. The van der Waals surface area contributed by atoms with E-state index in [0.717, 1.165) is 0 Å². The lowest BCUT2D eigenvalue weighted by Crippen LogP contribution is -2.58. The quantitative estimate of drug-likeness (QED) is 0.474. The SMILES string of the molecule is Cc1ncc2c(NC3c4cccc(O)c4C(C)(C)CC3(O)C(F)(F)F)cc(F)c(F)c2n1. The van der Waals surface area contributed by atoms with E-state index in [9.17, 15) is 32.2 Å². The van der Waals surface area contributed by atoms with Crippen LogP contribution in [-0.2, 0) is 5.41 Å². The van der Waals surface area contributed by atoms with Gasteiger partial charge in [0.2, 0.25) is 0 Å². The van der Waals surface area contributed by atoms with E-state index in [2.05, 4.69) is 15.3 Å². The summed E-state index contributed by atoms with van der Waals surface area (Å²) in [5.41, 5.74) is -4.92. The number of nitrogens with zero attached hydrogens (tertiary/aromatic N) is 2. The number of fused-ring (bicyclic) bond motifs is 2. The number of hydrogen-bond acceptors (Lipinski definition) is 5. The van der Waals surface area contributed by atoms with Crippen molar-refractivity contribution in [3.8, 4) is 5.75 Å². The van der Waals surface area contributed by atoms with E-state index in [-0.39, 0.29) is 33.8 Å². The van der Waals surface area contributed by atoms with Crippen molar-refractivity contribution in [1.82, 2.24) is 9.97 Å². The Kier molecular flexibility index (Phi) is 4.85. The maximum atomic E-state index is 14.3. The molecule has 10 heteroatoms. The molecule has 0 radical (unpaired) electrons. The van der Waals surface area contributed by atoms with Crippen LogP contribution in [0.4, 0.5) is 27.6 Å². The Hall–Kier alpha value is -3.01. The molecule has 1 aliphatic carbocycles.